The van der Waals surface area contributed by atoms with E-state index < -0.39 is 0 Å². The van der Waals surface area contributed by atoms with Crippen LogP contribution in [0.3, 0.4) is 0 Å². The molecule has 0 amide bonds. The minimum absolute atomic E-state index is 1.06. The van der Waals surface area contributed by atoms with Gasteiger partial charge < -0.3 is 0 Å². The highest BCUT2D eigenvalue weighted by molar-refractivity contribution is 5.48. The smallest absolute Gasteiger partial charge is 0.0655 e. The van der Waals surface area contributed by atoms with Crippen LogP contribution in [0.1, 0.15) is 44.5 Å². The molecule has 0 aliphatic rings. The summed E-state index contributed by atoms with van der Waals surface area (Å²) in [6, 6.07) is 2.20. The van der Waals surface area contributed by atoms with Crippen molar-refractivity contribution in [2.75, 3.05) is 0 Å². The normalized spacial score (nSPS) is 9.79. The van der Waals surface area contributed by atoms with Gasteiger partial charge in [-0.25, -0.2) is 0 Å². The molecule has 1 heteroatoms. The van der Waals surface area contributed by atoms with Crippen molar-refractivity contribution in [3.63, 3.8) is 0 Å². The average molecular weight is 191 g/mol. The van der Waals surface area contributed by atoms with E-state index in [0.29, 0.717) is 0 Å². The molecule has 0 radical (unpaired) electrons. The Kier molecular flexibility index (Phi) is 6.73. The summed E-state index contributed by atoms with van der Waals surface area (Å²) < 4.78 is 0. The largest absolute Gasteiger partial charge is 0.256 e. The second-order valence-corrected chi connectivity index (χ2v) is 2.90. The number of nitrogens with zero attached hydrogens (tertiary/aromatic N) is 1. The lowest BCUT2D eigenvalue weighted by Crippen LogP contribution is -1.89. The molecule has 1 aromatic rings. The maximum atomic E-state index is 4.35. The van der Waals surface area contributed by atoms with Gasteiger partial charge in [-0.15, -0.1) is 0 Å². The number of aromatic nitrogens is 1. The molecule has 1 nitrogen and oxygen atoms in total. The second-order valence-electron chi connectivity index (χ2n) is 2.90. The van der Waals surface area contributed by atoms with E-state index in [1.54, 1.807) is 0 Å². The van der Waals surface area contributed by atoms with Gasteiger partial charge in [-0.05, 0) is 37.5 Å². The SMILES string of the molecule is C/C=C\c1ncc(CC)cc1C.CC. The number of pyridine rings is 1. The zero-order valence-corrected chi connectivity index (χ0v) is 9.96. The minimum atomic E-state index is 1.06. The van der Waals surface area contributed by atoms with E-state index in [1.165, 1.54) is 11.1 Å². The molecule has 0 N–H and O–H groups in total. The van der Waals surface area contributed by atoms with Crippen LogP contribution >= 0.6 is 0 Å². The Balaban J connectivity index is 0.000000791. The van der Waals surface area contributed by atoms with E-state index in [2.05, 4.69) is 24.9 Å². The van der Waals surface area contributed by atoms with Crippen molar-refractivity contribution in [3.8, 4) is 0 Å². The van der Waals surface area contributed by atoms with Crippen LogP contribution in [0, 0.1) is 6.92 Å². The molecule has 1 aromatic heterocycles. The molecule has 0 saturated carbocycles. The van der Waals surface area contributed by atoms with Crippen LogP contribution in [0.15, 0.2) is 18.3 Å². The van der Waals surface area contributed by atoms with Crippen LogP contribution in [-0.2, 0) is 6.42 Å². The zero-order valence-electron chi connectivity index (χ0n) is 9.96. The number of hydrogen-bond acceptors (Lipinski definition) is 1. The molecule has 0 unspecified atom stereocenters. The van der Waals surface area contributed by atoms with E-state index in [9.17, 15) is 0 Å². The first-order valence-corrected chi connectivity index (χ1v) is 5.36. The van der Waals surface area contributed by atoms with Gasteiger partial charge in [0.25, 0.3) is 0 Å². The number of rotatable bonds is 2. The molecule has 0 saturated heterocycles. The Morgan fingerprint density at radius 2 is 2.00 bits per heavy atom. The molecule has 78 valence electrons. The van der Waals surface area contributed by atoms with Crippen LogP contribution in [-0.4, -0.2) is 4.98 Å². The van der Waals surface area contributed by atoms with Gasteiger partial charge >= 0.3 is 0 Å². The summed E-state index contributed by atoms with van der Waals surface area (Å²) in [6.45, 7) is 10.3. The fraction of sp³-hybridized carbons (Fsp3) is 0.462. The van der Waals surface area contributed by atoms with Crippen molar-refractivity contribution in [3.05, 3.63) is 35.2 Å². The van der Waals surface area contributed by atoms with Gasteiger partial charge in [0.15, 0.2) is 0 Å². The van der Waals surface area contributed by atoms with Gasteiger partial charge in [0.1, 0.15) is 0 Å². The summed E-state index contributed by atoms with van der Waals surface area (Å²) in [5, 5.41) is 0. The maximum Gasteiger partial charge on any atom is 0.0655 e. The quantitative estimate of drug-likeness (QED) is 0.688. The summed E-state index contributed by atoms with van der Waals surface area (Å²) in [6.07, 6.45) is 7.06. The Labute approximate surface area is 87.9 Å². The third kappa shape index (κ3) is 3.73. The van der Waals surface area contributed by atoms with Crippen LogP contribution < -0.4 is 0 Å². The zero-order chi connectivity index (χ0) is 11.0. The molecule has 0 spiro atoms. The lowest BCUT2D eigenvalue weighted by atomic mass is 10.1. The van der Waals surface area contributed by atoms with Crippen molar-refractivity contribution in [2.24, 2.45) is 0 Å². The molecule has 0 aliphatic heterocycles. The van der Waals surface area contributed by atoms with E-state index >= 15 is 0 Å². The number of allylic oxidation sites excluding steroid dienone is 1. The van der Waals surface area contributed by atoms with Crippen molar-refractivity contribution < 1.29 is 0 Å². The van der Waals surface area contributed by atoms with Crippen molar-refractivity contribution >= 4 is 6.08 Å². The van der Waals surface area contributed by atoms with E-state index in [4.69, 9.17) is 0 Å². The minimum Gasteiger partial charge on any atom is -0.256 e. The van der Waals surface area contributed by atoms with Gasteiger partial charge in [-0.2, -0.15) is 0 Å². The Morgan fingerprint density at radius 1 is 1.36 bits per heavy atom. The molecular formula is C13H21N. The predicted molar refractivity (Wildman–Crippen MR) is 64.4 cm³/mol. The van der Waals surface area contributed by atoms with E-state index in [0.717, 1.165) is 12.1 Å². The van der Waals surface area contributed by atoms with Crippen molar-refractivity contribution in [2.45, 2.75) is 41.0 Å². The standard InChI is InChI=1S/C11H15N.C2H6/c1-4-6-11-9(3)7-10(5-2)8-12-11;1-2/h4,6-8H,5H2,1-3H3;1-2H3/b6-4-;. The highest BCUT2D eigenvalue weighted by Crippen LogP contribution is 2.09. The molecule has 0 aromatic carbocycles. The van der Waals surface area contributed by atoms with Gasteiger partial charge in [0.2, 0.25) is 0 Å². The third-order valence-electron chi connectivity index (χ3n) is 1.91. The molecule has 0 bridgehead atoms. The molecule has 1 heterocycles. The maximum absolute atomic E-state index is 4.35. The Morgan fingerprint density at radius 3 is 2.43 bits per heavy atom. The second kappa shape index (κ2) is 7.31. The summed E-state index contributed by atoms with van der Waals surface area (Å²) in [4.78, 5) is 4.35. The highest BCUT2D eigenvalue weighted by Gasteiger charge is 1.96. The summed E-state index contributed by atoms with van der Waals surface area (Å²) in [5.74, 6) is 0. The van der Waals surface area contributed by atoms with Crippen molar-refractivity contribution in [1.29, 1.82) is 0 Å². The van der Waals surface area contributed by atoms with Gasteiger partial charge in [-0.1, -0.05) is 32.9 Å². The molecule has 0 aliphatic carbocycles. The third-order valence-corrected chi connectivity index (χ3v) is 1.91. The Bertz CT molecular complexity index is 287. The lowest BCUT2D eigenvalue weighted by Gasteiger charge is -2.01. The fourth-order valence-corrected chi connectivity index (χ4v) is 1.17. The predicted octanol–water partition coefficient (Wildman–Crippen LogP) is 4.01. The van der Waals surface area contributed by atoms with Gasteiger partial charge in [0.05, 0.1) is 5.69 Å². The molecule has 14 heavy (non-hydrogen) atoms. The van der Waals surface area contributed by atoms with Gasteiger partial charge in [-0.3, -0.25) is 4.98 Å². The summed E-state index contributed by atoms with van der Waals surface area (Å²) in [5.41, 5.74) is 3.64. The van der Waals surface area contributed by atoms with Crippen LogP contribution in [0.4, 0.5) is 0 Å². The highest BCUT2D eigenvalue weighted by atomic mass is 14.7. The first kappa shape index (κ1) is 12.9. The molecular weight excluding hydrogens is 170 g/mol. The fourth-order valence-electron chi connectivity index (χ4n) is 1.17. The molecule has 0 fully saturated rings. The van der Waals surface area contributed by atoms with E-state index in [-0.39, 0.29) is 0 Å². The molecule has 1 rings (SSSR count). The first-order valence-electron chi connectivity index (χ1n) is 5.36. The first-order chi connectivity index (χ1) is 6.77. The van der Waals surface area contributed by atoms with Crippen molar-refractivity contribution in [1.82, 2.24) is 4.98 Å². The van der Waals surface area contributed by atoms with Crippen LogP contribution in [0.5, 0.6) is 0 Å². The van der Waals surface area contributed by atoms with Crippen LogP contribution in [0.25, 0.3) is 6.08 Å². The van der Waals surface area contributed by atoms with Crippen LogP contribution in [0.2, 0.25) is 0 Å². The van der Waals surface area contributed by atoms with E-state index in [1.807, 2.05) is 39.1 Å². The number of aryl methyl sites for hydroxylation is 2. The number of hydrogen-bond donors (Lipinski definition) is 0. The molecule has 0 atom stereocenters. The topological polar surface area (TPSA) is 12.9 Å². The Hall–Kier alpha value is -1.11. The lowest BCUT2D eigenvalue weighted by molar-refractivity contribution is 1.08. The summed E-state index contributed by atoms with van der Waals surface area (Å²) in [7, 11) is 0. The van der Waals surface area contributed by atoms with Gasteiger partial charge in [0, 0.05) is 6.20 Å². The average Bonchev–Trinajstić information content (AvgIpc) is 2.24. The summed E-state index contributed by atoms with van der Waals surface area (Å²) >= 11 is 0. The monoisotopic (exact) mass is 191 g/mol.